The van der Waals surface area contributed by atoms with Crippen LogP contribution < -0.4 is 5.32 Å². The summed E-state index contributed by atoms with van der Waals surface area (Å²) in [5.41, 5.74) is 1.06. The normalized spacial score (nSPS) is 17.1. The van der Waals surface area contributed by atoms with Crippen LogP contribution >= 0.6 is 0 Å². The Bertz CT molecular complexity index is 936. The van der Waals surface area contributed by atoms with E-state index >= 15 is 0 Å². The first-order chi connectivity index (χ1) is 16.9. The number of carbonyl (C=O) groups excluding carboxylic acids is 2. The molecule has 0 heterocycles. The molecule has 0 aliphatic carbocycles. The van der Waals surface area contributed by atoms with Crippen molar-refractivity contribution in [3.05, 3.63) is 66.3 Å². The number of ketones is 1. The number of amides is 1. The topological polar surface area (TPSA) is 144 Å². The van der Waals surface area contributed by atoms with Gasteiger partial charge in [0.05, 0.1) is 24.7 Å². The van der Waals surface area contributed by atoms with Gasteiger partial charge >= 0.3 is 5.97 Å². The van der Waals surface area contributed by atoms with Crippen LogP contribution in [0, 0.1) is 17.8 Å². The molecule has 8 nitrogen and oxygen atoms in total. The van der Waals surface area contributed by atoms with Crippen LogP contribution in [0.2, 0.25) is 0 Å². The van der Waals surface area contributed by atoms with Crippen molar-refractivity contribution in [1.82, 2.24) is 0 Å². The molecule has 36 heavy (non-hydrogen) atoms. The predicted octanol–water partition coefficient (Wildman–Crippen LogP) is 3.74. The minimum atomic E-state index is -1.07. The molecular weight excluding hydrogens is 462 g/mol. The third-order valence-corrected chi connectivity index (χ3v) is 5.91. The lowest BCUT2D eigenvalue weighted by Gasteiger charge is -2.27. The fraction of sp³-hybridized carbons (Fsp3) is 0.464. The number of allylic oxidation sites excluding steroid dienone is 4. The van der Waals surface area contributed by atoms with E-state index in [-0.39, 0.29) is 42.3 Å². The number of aliphatic hydroxyl groups is 3. The SMILES string of the molecule is CC(=O)Nc1ccc(C(=O)C[C@@H](O)[C@H](C)C[C@@H](C)[C@H](O)[C@H](C)/C=C/C=C/C=C/[C@H](O)CC(=O)O)cc1. The lowest BCUT2D eigenvalue weighted by molar-refractivity contribution is -0.138. The summed E-state index contributed by atoms with van der Waals surface area (Å²) in [6.45, 7) is 7.05. The van der Waals surface area contributed by atoms with Gasteiger partial charge in [-0.05, 0) is 42.5 Å². The number of aliphatic carboxylic acids is 1. The van der Waals surface area contributed by atoms with Crippen LogP contribution in [0.1, 0.15) is 57.3 Å². The molecule has 1 aromatic carbocycles. The van der Waals surface area contributed by atoms with E-state index in [0.717, 1.165) is 0 Å². The molecule has 1 amide bonds. The minimum Gasteiger partial charge on any atom is -0.481 e. The number of carbonyl (C=O) groups is 3. The maximum Gasteiger partial charge on any atom is 0.306 e. The molecule has 6 atom stereocenters. The number of Topliss-reactive ketones (excluding diaryl/α,β-unsaturated/α-hetero) is 1. The highest BCUT2D eigenvalue weighted by atomic mass is 16.4. The second-order valence-electron chi connectivity index (χ2n) is 9.31. The van der Waals surface area contributed by atoms with Gasteiger partial charge in [0.1, 0.15) is 0 Å². The number of hydrogen-bond acceptors (Lipinski definition) is 6. The largest absolute Gasteiger partial charge is 0.481 e. The molecule has 1 aromatic rings. The number of aliphatic hydroxyl groups excluding tert-OH is 3. The van der Waals surface area contributed by atoms with E-state index in [1.165, 1.54) is 13.0 Å². The third kappa shape index (κ3) is 12.1. The van der Waals surface area contributed by atoms with Gasteiger partial charge in [0.2, 0.25) is 5.91 Å². The van der Waals surface area contributed by atoms with Gasteiger partial charge in [-0.1, -0.05) is 57.2 Å². The fourth-order valence-corrected chi connectivity index (χ4v) is 3.77. The Kier molecular flexibility index (Phi) is 13.6. The molecule has 0 fully saturated rings. The number of rotatable bonds is 15. The zero-order valence-electron chi connectivity index (χ0n) is 21.4. The van der Waals surface area contributed by atoms with Crippen molar-refractivity contribution in [2.45, 2.75) is 65.3 Å². The van der Waals surface area contributed by atoms with E-state index in [0.29, 0.717) is 17.7 Å². The summed E-state index contributed by atoms with van der Waals surface area (Å²) in [6.07, 6.45) is 7.56. The lowest BCUT2D eigenvalue weighted by Crippen LogP contribution is -2.30. The van der Waals surface area contributed by atoms with Crippen molar-refractivity contribution in [3.8, 4) is 0 Å². The highest BCUT2D eigenvalue weighted by Gasteiger charge is 2.25. The standard InChI is InChI=1S/C28H39NO7/c1-18(9-7-5-6-8-10-24(31)16-27(34)35)28(36)20(3)15-19(2)25(32)17-26(33)22-11-13-23(14-12-22)29-21(4)30/h5-14,18-20,24-25,28,31-32,36H,15-17H2,1-4H3,(H,29,30)(H,34,35)/b6-5+,9-7+,10-8+/t18-,19-,20-,24+,25-,28-/m1/s1. The van der Waals surface area contributed by atoms with E-state index in [4.69, 9.17) is 5.11 Å². The number of anilines is 1. The summed E-state index contributed by atoms with van der Waals surface area (Å²) in [6, 6.07) is 6.53. The first-order valence-electron chi connectivity index (χ1n) is 12.1. The lowest BCUT2D eigenvalue weighted by atomic mass is 9.83. The fourth-order valence-electron chi connectivity index (χ4n) is 3.77. The summed E-state index contributed by atoms with van der Waals surface area (Å²) < 4.78 is 0. The van der Waals surface area contributed by atoms with Gasteiger partial charge in [-0.2, -0.15) is 0 Å². The highest BCUT2D eigenvalue weighted by Crippen LogP contribution is 2.25. The number of carboxylic acid groups (broad SMARTS) is 1. The van der Waals surface area contributed by atoms with Crippen molar-refractivity contribution in [2.75, 3.05) is 5.32 Å². The average Bonchev–Trinajstić information content (AvgIpc) is 2.79. The van der Waals surface area contributed by atoms with Crippen LogP contribution in [0.15, 0.2) is 60.7 Å². The van der Waals surface area contributed by atoms with Crippen molar-refractivity contribution in [1.29, 1.82) is 0 Å². The first kappa shape index (κ1) is 31.0. The van der Waals surface area contributed by atoms with Gasteiger partial charge < -0.3 is 25.7 Å². The van der Waals surface area contributed by atoms with Gasteiger partial charge in [-0.3, -0.25) is 14.4 Å². The molecule has 0 saturated carbocycles. The molecule has 198 valence electrons. The van der Waals surface area contributed by atoms with Crippen LogP contribution in [0.3, 0.4) is 0 Å². The van der Waals surface area contributed by atoms with E-state index < -0.39 is 24.3 Å². The zero-order chi connectivity index (χ0) is 27.3. The number of benzene rings is 1. The molecule has 0 spiro atoms. The Morgan fingerprint density at radius 1 is 0.861 bits per heavy atom. The molecule has 1 rings (SSSR count). The Balaban J connectivity index is 2.52. The van der Waals surface area contributed by atoms with Gasteiger partial charge in [-0.25, -0.2) is 0 Å². The van der Waals surface area contributed by atoms with Crippen LogP contribution in [-0.2, 0) is 9.59 Å². The molecule has 0 aliphatic rings. The third-order valence-electron chi connectivity index (χ3n) is 5.91. The van der Waals surface area contributed by atoms with Crippen molar-refractivity contribution >= 4 is 23.3 Å². The number of carboxylic acids is 1. The van der Waals surface area contributed by atoms with Crippen LogP contribution in [0.5, 0.6) is 0 Å². The van der Waals surface area contributed by atoms with E-state index in [9.17, 15) is 29.7 Å². The van der Waals surface area contributed by atoms with Crippen molar-refractivity contribution < 1.29 is 34.8 Å². The van der Waals surface area contributed by atoms with Gasteiger partial charge in [-0.15, -0.1) is 0 Å². The molecule has 5 N–H and O–H groups in total. The summed E-state index contributed by atoms with van der Waals surface area (Å²) in [4.78, 5) is 34.1. The smallest absolute Gasteiger partial charge is 0.306 e. The van der Waals surface area contributed by atoms with Crippen molar-refractivity contribution in [2.24, 2.45) is 17.8 Å². The summed E-state index contributed by atoms with van der Waals surface area (Å²) in [7, 11) is 0. The monoisotopic (exact) mass is 501 g/mol. The number of hydrogen-bond donors (Lipinski definition) is 5. The number of nitrogens with one attached hydrogen (secondary N) is 1. The average molecular weight is 502 g/mol. The highest BCUT2D eigenvalue weighted by molar-refractivity contribution is 5.97. The Morgan fingerprint density at radius 3 is 2.00 bits per heavy atom. The molecule has 0 aromatic heterocycles. The summed E-state index contributed by atoms with van der Waals surface area (Å²) in [5.74, 6) is -1.93. The maximum atomic E-state index is 12.5. The summed E-state index contributed by atoms with van der Waals surface area (Å²) >= 11 is 0. The maximum absolute atomic E-state index is 12.5. The molecule has 8 heteroatoms. The second-order valence-corrected chi connectivity index (χ2v) is 9.31. The summed E-state index contributed by atoms with van der Waals surface area (Å²) in [5, 5.41) is 41.9. The molecule has 0 saturated heterocycles. The molecule has 0 unspecified atom stereocenters. The molecule has 0 aliphatic heterocycles. The van der Waals surface area contributed by atoms with E-state index in [1.54, 1.807) is 48.6 Å². The molecular formula is C28H39NO7. The zero-order valence-corrected chi connectivity index (χ0v) is 21.4. The van der Waals surface area contributed by atoms with Crippen LogP contribution in [0.4, 0.5) is 5.69 Å². The molecule has 0 radical (unpaired) electrons. The Morgan fingerprint density at radius 2 is 1.44 bits per heavy atom. The molecule has 0 bridgehead atoms. The van der Waals surface area contributed by atoms with Crippen LogP contribution in [-0.4, -0.2) is 56.4 Å². The first-order valence-corrected chi connectivity index (χ1v) is 12.1. The van der Waals surface area contributed by atoms with Crippen molar-refractivity contribution in [3.63, 3.8) is 0 Å². The Hall–Kier alpha value is -3.07. The van der Waals surface area contributed by atoms with Gasteiger partial charge in [0.25, 0.3) is 0 Å². The predicted molar refractivity (Wildman–Crippen MR) is 139 cm³/mol. The van der Waals surface area contributed by atoms with Crippen LogP contribution in [0.25, 0.3) is 0 Å². The minimum absolute atomic E-state index is 0.0294. The quantitative estimate of drug-likeness (QED) is 0.182. The van der Waals surface area contributed by atoms with E-state index in [1.807, 2.05) is 26.8 Å². The van der Waals surface area contributed by atoms with Gasteiger partial charge in [0, 0.05) is 30.5 Å². The van der Waals surface area contributed by atoms with E-state index in [2.05, 4.69) is 5.32 Å². The second kappa shape index (κ2) is 15.8. The van der Waals surface area contributed by atoms with Gasteiger partial charge in [0.15, 0.2) is 5.78 Å². The Labute approximate surface area is 213 Å².